The van der Waals surface area contributed by atoms with E-state index in [0.29, 0.717) is 11.6 Å². The van der Waals surface area contributed by atoms with Crippen LogP contribution in [-0.4, -0.2) is 30.4 Å². The van der Waals surface area contributed by atoms with Crippen LogP contribution >= 0.6 is 11.6 Å². The van der Waals surface area contributed by atoms with Gasteiger partial charge in [0, 0.05) is 35.6 Å². The first-order valence-corrected chi connectivity index (χ1v) is 6.63. The van der Waals surface area contributed by atoms with Crippen LogP contribution in [-0.2, 0) is 20.7 Å². The number of halogens is 1. The van der Waals surface area contributed by atoms with Crippen LogP contribution in [0.15, 0.2) is 12.4 Å². The average molecular weight is 284 g/mol. The van der Waals surface area contributed by atoms with Crippen LogP contribution in [0.5, 0.6) is 0 Å². The molecular weight excluding hydrogens is 264 g/mol. The first kappa shape index (κ1) is 14.8. The SMILES string of the molecule is COCc1cncc(B2OC(C)(C)C(C)(C)O2)c1Cl. The molecule has 4 nitrogen and oxygen atoms in total. The van der Waals surface area contributed by atoms with Gasteiger partial charge in [0.15, 0.2) is 0 Å². The van der Waals surface area contributed by atoms with Crippen LogP contribution in [0.25, 0.3) is 0 Å². The van der Waals surface area contributed by atoms with E-state index in [1.807, 2.05) is 27.7 Å². The van der Waals surface area contributed by atoms with E-state index in [2.05, 4.69) is 4.98 Å². The highest BCUT2D eigenvalue weighted by Crippen LogP contribution is 2.37. The van der Waals surface area contributed by atoms with Gasteiger partial charge in [-0.25, -0.2) is 0 Å². The fraction of sp³-hybridized carbons (Fsp3) is 0.615. The average Bonchev–Trinajstić information content (AvgIpc) is 2.51. The Morgan fingerprint density at radius 3 is 2.32 bits per heavy atom. The van der Waals surface area contributed by atoms with Gasteiger partial charge in [-0.1, -0.05) is 11.6 Å². The molecule has 1 aromatic heterocycles. The molecule has 19 heavy (non-hydrogen) atoms. The number of rotatable bonds is 3. The second-order valence-corrected chi connectivity index (χ2v) is 6.10. The van der Waals surface area contributed by atoms with Crippen LogP contribution in [0.1, 0.15) is 33.3 Å². The maximum absolute atomic E-state index is 6.37. The zero-order valence-electron chi connectivity index (χ0n) is 12.0. The summed E-state index contributed by atoms with van der Waals surface area (Å²) in [4.78, 5) is 4.18. The van der Waals surface area contributed by atoms with Crippen LogP contribution in [0, 0.1) is 0 Å². The van der Waals surface area contributed by atoms with Crippen LogP contribution in [0.4, 0.5) is 0 Å². The van der Waals surface area contributed by atoms with Gasteiger partial charge in [0.1, 0.15) is 0 Å². The lowest BCUT2D eigenvalue weighted by molar-refractivity contribution is 0.00578. The molecule has 2 heterocycles. The summed E-state index contributed by atoms with van der Waals surface area (Å²) in [5.74, 6) is 0. The molecule has 0 amide bonds. The van der Waals surface area contributed by atoms with E-state index in [9.17, 15) is 0 Å². The summed E-state index contributed by atoms with van der Waals surface area (Å²) in [5, 5.41) is 0.593. The molecule has 104 valence electrons. The molecule has 1 saturated heterocycles. The predicted octanol–water partition coefficient (Wildman–Crippen LogP) is 2.18. The molecule has 0 unspecified atom stereocenters. The highest BCUT2D eigenvalue weighted by molar-refractivity contribution is 6.65. The van der Waals surface area contributed by atoms with Gasteiger partial charge in [0.25, 0.3) is 0 Å². The second kappa shape index (κ2) is 5.06. The minimum Gasteiger partial charge on any atom is -0.399 e. The van der Waals surface area contributed by atoms with Gasteiger partial charge >= 0.3 is 7.12 Å². The zero-order chi connectivity index (χ0) is 14.3. The molecular formula is C13H19BClNO3. The number of hydrogen-bond acceptors (Lipinski definition) is 4. The Morgan fingerprint density at radius 1 is 1.21 bits per heavy atom. The van der Waals surface area contributed by atoms with Gasteiger partial charge in [-0.3, -0.25) is 4.98 Å². The monoisotopic (exact) mass is 283 g/mol. The van der Waals surface area contributed by atoms with E-state index in [0.717, 1.165) is 11.0 Å². The van der Waals surface area contributed by atoms with Crippen molar-refractivity contribution in [2.75, 3.05) is 7.11 Å². The summed E-state index contributed by atoms with van der Waals surface area (Å²) >= 11 is 6.37. The Labute approximate surface area is 119 Å². The summed E-state index contributed by atoms with van der Waals surface area (Å²) in [7, 11) is 1.12. The number of methoxy groups -OCH3 is 1. The minimum absolute atomic E-state index is 0.391. The summed E-state index contributed by atoms with van der Waals surface area (Å²) in [6, 6.07) is 0. The highest BCUT2D eigenvalue weighted by atomic mass is 35.5. The molecule has 0 bridgehead atoms. The molecule has 0 aromatic carbocycles. The number of hydrogen-bond donors (Lipinski definition) is 0. The largest absolute Gasteiger partial charge is 0.497 e. The molecule has 6 heteroatoms. The van der Waals surface area contributed by atoms with Crippen molar-refractivity contribution >= 4 is 24.2 Å². The first-order valence-electron chi connectivity index (χ1n) is 6.25. The first-order chi connectivity index (χ1) is 8.78. The van der Waals surface area contributed by atoms with Gasteiger partial charge in [0.05, 0.1) is 17.8 Å². The molecule has 0 radical (unpaired) electrons. The minimum atomic E-state index is -0.498. The van der Waals surface area contributed by atoms with Crippen molar-refractivity contribution in [3.63, 3.8) is 0 Å². The van der Waals surface area contributed by atoms with Gasteiger partial charge in [0.2, 0.25) is 0 Å². The summed E-state index contributed by atoms with van der Waals surface area (Å²) in [5.41, 5.74) is 0.794. The van der Waals surface area contributed by atoms with Crippen molar-refractivity contribution in [2.45, 2.75) is 45.5 Å². The van der Waals surface area contributed by atoms with Crippen molar-refractivity contribution in [1.29, 1.82) is 0 Å². The van der Waals surface area contributed by atoms with Gasteiger partial charge in [-0.2, -0.15) is 0 Å². The molecule has 0 spiro atoms. The quantitative estimate of drug-likeness (QED) is 0.797. The summed E-state index contributed by atoms with van der Waals surface area (Å²) < 4.78 is 17.1. The Kier molecular flexibility index (Phi) is 3.93. The van der Waals surface area contributed by atoms with Crippen molar-refractivity contribution < 1.29 is 14.0 Å². The van der Waals surface area contributed by atoms with Crippen molar-refractivity contribution in [3.8, 4) is 0 Å². The van der Waals surface area contributed by atoms with Crippen molar-refractivity contribution in [2.24, 2.45) is 0 Å². The predicted molar refractivity (Wildman–Crippen MR) is 75.7 cm³/mol. The maximum Gasteiger partial charge on any atom is 0.497 e. The van der Waals surface area contributed by atoms with E-state index in [1.165, 1.54) is 0 Å². The lowest BCUT2D eigenvalue weighted by atomic mass is 9.79. The number of pyridine rings is 1. The van der Waals surface area contributed by atoms with E-state index < -0.39 is 18.3 Å². The third-order valence-electron chi connectivity index (χ3n) is 3.79. The Bertz CT molecular complexity index is 463. The van der Waals surface area contributed by atoms with Gasteiger partial charge in [-0.05, 0) is 27.7 Å². The molecule has 1 aromatic rings. The van der Waals surface area contributed by atoms with E-state index in [-0.39, 0.29) is 0 Å². The van der Waals surface area contributed by atoms with E-state index >= 15 is 0 Å². The Hall–Kier alpha value is -0.615. The summed E-state index contributed by atoms with van der Waals surface area (Å²) in [6.07, 6.45) is 3.38. The third-order valence-corrected chi connectivity index (χ3v) is 4.25. The number of nitrogens with zero attached hydrogens (tertiary/aromatic N) is 1. The van der Waals surface area contributed by atoms with E-state index in [1.54, 1.807) is 19.5 Å². The Morgan fingerprint density at radius 2 is 1.79 bits per heavy atom. The third kappa shape index (κ3) is 2.65. The van der Waals surface area contributed by atoms with Crippen LogP contribution in [0.3, 0.4) is 0 Å². The molecule has 0 atom stereocenters. The molecule has 2 rings (SSSR count). The maximum atomic E-state index is 6.37. The van der Waals surface area contributed by atoms with Gasteiger partial charge < -0.3 is 14.0 Å². The lowest BCUT2D eigenvalue weighted by Crippen LogP contribution is -2.41. The standard InChI is InChI=1S/C13H19BClNO3/c1-12(2)13(3,4)19-14(18-12)10-7-16-6-9(8-17-5)11(10)15/h6-7H,8H2,1-5H3. The van der Waals surface area contributed by atoms with Crippen LogP contribution in [0.2, 0.25) is 5.02 Å². The van der Waals surface area contributed by atoms with Crippen molar-refractivity contribution in [1.82, 2.24) is 4.98 Å². The normalized spacial score (nSPS) is 20.8. The topological polar surface area (TPSA) is 40.6 Å². The number of ether oxygens (including phenoxy) is 1. The fourth-order valence-electron chi connectivity index (χ4n) is 1.90. The van der Waals surface area contributed by atoms with Crippen molar-refractivity contribution in [3.05, 3.63) is 23.0 Å². The molecule has 0 saturated carbocycles. The molecule has 1 aliphatic rings. The molecule has 0 aliphatic carbocycles. The number of aromatic nitrogens is 1. The van der Waals surface area contributed by atoms with E-state index in [4.69, 9.17) is 25.6 Å². The zero-order valence-corrected chi connectivity index (χ0v) is 12.7. The smallest absolute Gasteiger partial charge is 0.399 e. The second-order valence-electron chi connectivity index (χ2n) is 5.72. The Balaban J connectivity index is 2.32. The van der Waals surface area contributed by atoms with Crippen LogP contribution < -0.4 is 5.46 Å². The molecule has 0 N–H and O–H groups in total. The lowest BCUT2D eigenvalue weighted by Gasteiger charge is -2.32. The molecule has 1 fully saturated rings. The highest BCUT2D eigenvalue weighted by Gasteiger charge is 2.52. The summed E-state index contributed by atoms with van der Waals surface area (Å²) in [6.45, 7) is 8.44. The van der Waals surface area contributed by atoms with Gasteiger partial charge in [-0.15, -0.1) is 0 Å². The molecule has 1 aliphatic heterocycles. The fourth-order valence-corrected chi connectivity index (χ4v) is 2.14.